The van der Waals surface area contributed by atoms with Crippen LogP contribution in [0, 0.1) is 5.92 Å². The molecule has 1 saturated carbocycles. The lowest BCUT2D eigenvalue weighted by molar-refractivity contribution is -0.124. The average molecular weight is 437 g/mol. The second kappa shape index (κ2) is 10.4. The van der Waals surface area contributed by atoms with Crippen LogP contribution in [0.5, 0.6) is 11.5 Å². The van der Waals surface area contributed by atoms with Crippen LogP contribution in [0.4, 0.5) is 0 Å². The molecule has 1 fully saturated rings. The number of carbonyl (C=O) groups is 1. The maximum Gasteiger partial charge on any atom is 0.255 e. The first-order valence-electron chi connectivity index (χ1n) is 11.1. The summed E-state index contributed by atoms with van der Waals surface area (Å²) in [6.07, 6.45) is 7.74. The molecule has 0 spiro atoms. The maximum atomic E-state index is 13.5. The van der Waals surface area contributed by atoms with Crippen molar-refractivity contribution in [2.75, 3.05) is 26.8 Å². The Labute approximate surface area is 190 Å². The molecule has 1 aliphatic carbocycles. The third-order valence-corrected chi connectivity index (χ3v) is 5.79. The highest BCUT2D eigenvalue weighted by molar-refractivity contribution is 6.19. The molecule has 1 aromatic carbocycles. The van der Waals surface area contributed by atoms with Crippen LogP contribution in [0.3, 0.4) is 0 Å². The van der Waals surface area contributed by atoms with E-state index in [1.54, 1.807) is 24.2 Å². The summed E-state index contributed by atoms with van der Waals surface area (Å²) >= 11 is 0. The normalized spacial score (nSPS) is 16.2. The minimum absolute atomic E-state index is 0.0642. The Morgan fingerprint density at radius 2 is 1.81 bits per heavy atom. The van der Waals surface area contributed by atoms with Gasteiger partial charge in [0.2, 0.25) is 0 Å². The highest BCUT2D eigenvalue weighted by atomic mass is 16.5. The second-order valence-corrected chi connectivity index (χ2v) is 8.14. The quantitative estimate of drug-likeness (QED) is 0.419. The molecule has 1 aliphatic heterocycles. The van der Waals surface area contributed by atoms with Gasteiger partial charge in [0.1, 0.15) is 5.94 Å². The van der Waals surface area contributed by atoms with E-state index in [0.29, 0.717) is 48.3 Å². The highest BCUT2D eigenvalue weighted by Gasteiger charge is 2.25. The monoisotopic (exact) mass is 436 g/mol. The van der Waals surface area contributed by atoms with Gasteiger partial charge in [-0.25, -0.2) is 4.79 Å². The summed E-state index contributed by atoms with van der Waals surface area (Å²) in [6.45, 7) is 9.61. The molecule has 0 radical (unpaired) electrons. The topological polar surface area (TPSA) is 59.1 Å². The molecule has 6 heteroatoms. The van der Waals surface area contributed by atoms with Gasteiger partial charge < -0.3 is 19.3 Å². The van der Waals surface area contributed by atoms with Crippen molar-refractivity contribution in [2.24, 2.45) is 5.92 Å². The van der Waals surface area contributed by atoms with Gasteiger partial charge in [-0.2, -0.15) is 0 Å². The first-order chi connectivity index (χ1) is 15.4. The third kappa shape index (κ3) is 5.32. The fourth-order valence-corrected chi connectivity index (χ4v) is 3.68. The van der Waals surface area contributed by atoms with Crippen LogP contribution in [0.2, 0.25) is 0 Å². The Morgan fingerprint density at radius 3 is 2.34 bits per heavy atom. The van der Waals surface area contributed by atoms with Crippen LogP contribution in [0.15, 0.2) is 53.5 Å². The maximum absolute atomic E-state index is 13.5. The zero-order valence-electron chi connectivity index (χ0n) is 19.6. The molecule has 0 unspecified atom stereocenters. The number of ether oxygens (including phenoxy) is 2. The van der Waals surface area contributed by atoms with Gasteiger partial charge in [-0.15, -0.1) is 0 Å². The van der Waals surface area contributed by atoms with E-state index in [9.17, 15) is 9.59 Å². The number of nitrogens with zero attached hydrogens (tertiary/aromatic N) is 2. The van der Waals surface area contributed by atoms with E-state index >= 15 is 0 Å². The molecular weight excluding hydrogens is 404 g/mol. The number of benzene rings is 1. The van der Waals surface area contributed by atoms with Crippen molar-refractivity contribution in [2.45, 2.75) is 40.5 Å². The summed E-state index contributed by atoms with van der Waals surface area (Å²) in [4.78, 5) is 28.3. The molecule has 170 valence electrons. The number of hydrogen-bond acceptors (Lipinski definition) is 5. The molecule has 6 nitrogen and oxygen atoms in total. The van der Waals surface area contributed by atoms with Gasteiger partial charge in [-0.1, -0.05) is 6.07 Å². The summed E-state index contributed by atoms with van der Waals surface area (Å²) in [6, 6.07) is 5.61. The van der Waals surface area contributed by atoms with Gasteiger partial charge in [-0.3, -0.25) is 4.79 Å². The Bertz CT molecular complexity index is 985. The van der Waals surface area contributed by atoms with E-state index in [2.05, 4.69) is 0 Å². The summed E-state index contributed by atoms with van der Waals surface area (Å²) < 4.78 is 11.5. The van der Waals surface area contributed by atoms with Crippen LogP contribution in [-0.4, -0.2) is 48.5 Å². The molecule has 3 rings (SSSR count). The molecule has 2 aliphatic rings. The molecular formula is C26H32N2O4. The van der Waals surface area contributed by atoms with Crippen LogP contribution in [0.25, 0.3) is 5.57 Å². The van der Waals surface area contributed by atoms with E-state index in [4.69, 9.17) is 9.47 Å². The van der Waals surface area contributed by atoms with Crippen molar-refractivity contribution < 1.29 is 19.1 Å². The minimum atomic E-state index is -0.0642. The van der Waals surface area contributed by atoms with Crippen LogP contribution in [-0.2, 0) is 9.59 Å². The molecule has 32 heavy (non-hydrogen) atoms. The zero-order valence-corrected chi connectivity index (χ0v) is 19.6. The lowest BCUT2D eigenvalue weighted by Gasteiger charge is -2.28. The van der Waals surface area contributed by atoms with E-state index in [0.717, 1.165) is 17.0 Å². The molecule has 0 bridgehead atoms. The standard InChI is InChI=1S/C26H32N2O4/c1-6-27(7-2)26(30)23(15-28-18(3)12-21(16-29)13-19(28)4)22-10-11-24(31-5)25(14-22)32-17-20-8-9-20/h10-15,20H,6-9,17H2,1-5H3/b23-15-. The minimum Gasteiger partial charge on any atom is -0.493 e. The first kappa shape index (κ1) is 23.4. The van der Waals surface area contributed by atoms with Crippen molar-refractivity contribution in [1.82, 2.24) is 9.80 Å². The summed E-state index contributed by atoms with van der Waals surface area (Å²) in [5.41, 5.74) is 3.47. The molecule has 0 N–H and O–H groups in total. The number of allylic oxidation sites excluding steroid dienone is 5. The molecule has 0 saturated heterocycles. The van der Waals surface area contributed by atoms with Crippen molar-refractivity contribution in [3.05, 3.63) is 59.1 Å². The van der Waals surface area contributed by atoms with Gasteiger partial charge in [-0.05, 0) is 76.3 Å². The Hall–Kier alpha value is -3.24. The van der Waals surface area contributed by atoms with Gasteiger partial charge in [0, 0.05) is 30.7 Å². The zero-order chi connectivity index (χ0) is 23.3. The number of likely N-dealkylation sites (N-methyl/N-ethyl adjacent to an activating group) is 1. The summed E-state index contributed by atoms with van der Waals surface area (Å²) in [5, 5.41) is 0. The van der Waals surface area contributed by atoms with Gasteiger partial charge in [0.15, 0.2) is 11.5 Å². The molecule has 1 amide bonds. The van der Waals surface area contributed by atoms with E-state index in [-0.39, 0.29) is 5.91 Å². The smallest absolute Gasteiger partial charge is 0.255 e. The highest BCUT2D eigenvalue weighted by Crippen LogP contribution is 2.35. The van der Waals surface area contributed by atoms with Gasteiger partial charge in [0.05, 0.1) is 24.9 Å². The summed E-state index contributed by atoms with van der Waals surface area (Å²) in [5.74, 6) is 3.76. The van der Waals surface area contributed by atoms with Gasteiger partial charge >= 0.3 is 0 Å². The lowest BCUT2D eigenvalue weighted by Crippen LogP contribution is -2.32. The number of methoxy groups -OCH3 is 1. The number of hydrogen-bond donors (Lipinski definition) is 0. The third-order valence-electron chi connectivity index (χ3n) is 5.79. The molecule has 0 aromatic heterocycles. The fraction of sp³-hybridized carbons (Fsp3) is 0.423. The predicted molar refractivity (Wildman–Crippen MR) is 126 cm³/mol. The SMILES string of the molecule is CCN(CC)C(=O)/C(=C\N1C(C)=CC(=C=O)C=C1C)c1ccc(OC)c(OCC2CC2)c1. The Kier molecular flexibility index (Phi) is 7.60. The lowest BCUT2D eigenvalue weighted by atomic mass is 10.0. The van der Waals surface area contributed by atoms with E-state index < -0.39 is 0 Å². The fourth-order valence-electron chi connectivity index (χ4n) is 3.68. The number of carbonyl (C=O) groups excluding carboxylic acids is 2. The van der Waals surface area contributed by atoms with Crippen molar-refractivity contribution in [3.63, 3.8) is 0 Å². The van der Waals surface area contributed by atoms with Crippen LogP contribution in [0.1, 0.15) is 46.1 Å². The molecule has 1 heterocycles. The van der Waals surface area contributed by atoms with Crippen molar-refractivity contribution >= 4 is 17.4 Å². The number of amides is 1. The molecule has 0 atom stereocenters. The Balaban J connectivity index is 2.06. The van der Waals surface area contributed by atoms with E-state index in [1.165, 1.54) is 12.8 Å². The van der Waals surface area contributed by atoms with E-state index in [1.807, 2.05) is 62.9 Å². The largest absolute Gasteiger partial charge is 0.493 e. The van der Waals surface area contributed by atoms with Crippen molar-refractivity contribution in [1.29, 1.82) is 0 Å². The first-order valence-corrected chi connectivity index (χ1v) is 11.1. The van der Waals surface area contributed by atoms with Crippen LogP contribution < -0.4 is 9.47 Å². The Morgan fingerprint density at radius 1 is 1.16 bits per heavy atom. The molecule has 1 aromatic rings. The van der Waals surface area contributed by atoms with Crippen molar-refractivity contribution in [3.8, 4) is 11.5 Å². The predicted octanol–water partition coefficient (Wildman–Crippen LogP) is 4.57. The van der Waals surface area contributed by atoms with Gasteiger partial charge in [0.25, 0.3) is 5.91 Å². The number of rotatable bonds is 9. The second-order valence-electron chi connectivity index (χ2n) is 8.14. The average Bonchev–Trinajstić information content (AvgIpc) is 3.62. The van der Waals surface area contributed by atoms with Crippen LogP contribution >= 0.6 is 0 Å². The summed E-state index contributed by atoms with van der Waals surface area (Å²) in [7, 11) is 1.62.